The summed E-state index contributed by atoms with van der Waals surface area (Å²) >= 11 is 0. The molecule has 1 atom stereocenters. The predicted molar refractivity (Wildman–Crippen MR) is 76.5 cm³/mol. The van der Waals surface area contributed by atoms with Crippen LogP contribution < -0.4 is 5.32 Å². The van der Waals surface area contributed by atoms with Crippen LogP contribution in [0.25, 0.3) is 0 Å². The van der Waals surface area contributed by atoms with E-state index in [1.165, 1.54) is 13.4 Å². The van der Waals surface area contributed by atoms with Gasteiger partial charge >= 0.3 is 5.97 Å². The molecule has 6 heteroatoms. The molecule has 2 rings (SSSR count). The Morgan fingerprint density at radius 3 is 2.67 bits per heavy atom. The molecule has 1 unspecified atom stereocenters. The summed E-state index contributed by atoms with van der Waals surface area (Å²) in [6.07, 6.45) is 3.39. The lowest BCUT2D eigenvalue weighted by Gasteiger charge is -2.15. The Balaban J connectivity index is 2.09. The van der Waals surface area contributed by atoms with Crippen molar-refractivity contribution in [2.45, 2.75) is 12.5 Å². The number of aromatic amines is 1. The summed E-state index contributed by atoms with van der Waals surface area (Å²) in [5.41, 5.74) is 2.01. The van der Waals surface area contributed by atoms with Gasteiger partial charge in [0, 0.05) is 23.9 Å². The Morgan fingerprint density at radius 2 is 2.10 bits per heavy atom. The molecule has 0 aliphatic rings. The topological polar surface area (TPSA) is 84.1 Å². The zero-order valence-corrected chi connectivity index (χ0v) is 11.6. The molecule has 1 radical (unpaired) electrons. The van der Waals surface area contributed by atoms with Crippen molar-refractivity contribution in [2.24, 2.45) is 0 Å². The Hall–Kier alpha value is -2.63. The number of ether oxygens (including phenoxy) is 1. The summed E-state index contributed by atoms with van der Waals surface area (Å²) < 4.78 is 4.72. The Kier molecular flexibility index (Phi) is 4.71. The Bertz CT molecular complexity index is 606. The van der Waals surface area contributed by atoms with Gasteiger partial charge in [-0.3, -0.25) is 4.79 Å². The Morgan fingerprint density at radius 1 is 1.38 bits per heavy atom. The van der Waals surface area contributed by atoms with E-state index in [0.717, 1.165) is 11.3 Å². The van der Waals surface area contributed by atoms with Crippen LogP contribution in [0.5, 0.6) is 0 Å². The molecule has 0 aliphatic heterocycles. The van der Waals surface area contributed by atoms with Gasteiger partial charge in [-0.05, 0) is 24.6 Å². The highest BCUT2D eigenvalue weighted by atomic mass is 16.5. The number of H-pyrrole nitrogens is 1. The number of carbonyl (C=O) groups excluding carboxylic acids is 2. The molecule has 0 aliphatic carbocycles. The van der Waals surface area contributed by atoms with E-state index in [4.69, 9.17) is 4.74 Å². The molecule has 6 nitrogen and oxygen atoms in total. The molecule has 0 saturated carbocycles. The zero-order chi connectivity index (χ0) is 15.2. The third kappa shape index (κ3) is 3.92. The molecule has 1 aromatic heterocycles. The van der Waals surface area contributed by atoms with Crippen molar-refractivity contribution in [1.82, 2.24) is 15.3 Å². The van der Waals surface area contributed by atoms with E-state index >= 15 is 0 Å². The molecule has 2 aromatic rings. The lowest BCUT2D eigenvalue weighted by atomic mass is 10.1. The van der Waals surface area contributed by atoms with Crippen LogP contribution in [0.15, 0.2) is 36.8 Å². The molecule has 1 aromatic carbocycles. The van der Waals surface area contributed by atoms with E-state index in [2.05, 4.69) is 22.2 Å². The maximum Gasteiger partial charge on any atom is 0.328 e. The van der Waals surface area contributed by atoms with E-state index < -0.39 is 12.0 Å². The highest BCUT2D eigenvalue weighted by molar-refractivity contribution is 5.96. The molecule has 21 heavy (non-hydrogen) atoms. The number of hydrogen-bond acceptors (Lipinski definition) is 4. The van der Waals surface area contributed by atoms with Crippen LogP contribution in [0.4, 0.5) is 0 Å². The quantitative estimate of drug-likeness (QED) is 0.806. The second-order valence-corrected chi connectivity index (χ2v) is 4.53. The Labute approximate surface area is 122 Å². The molecule has 1 amide bonds. The van der Waals surface area contributed by atoms with Crippen molar-refractivity contribution in [3.63, 3.8) is 0 Å². The molecule has 0 bridgehead atoms. The fourth-order valence-electron chi connectivity index (χ4n) is 1.85. The predicted octanol–water partition coefficient (Wildman–Crippen LogP) is 1.11. The third-order valence-electron chi connectivity index (χ3n) is 2.99. The largest absolute Gasteiger partial charge is 0.467 e. The smallest absolute Gasteiger partial charge is 0.328 e. The average Bonchev–Trinajstić information content (AvgIpc) is 2.99. The normalized spacial score (nSPS) is 11.7. The van der Waals surface area contributed by atoms with E-state index in [-0.39, 0.29) is 12.3 Å². The SMILES string of the molecule is [CH2]c1ccc(C(=O)NC(Cc2cnc[nH]2)C(=O)OC)cc1. The highest BCUT2D eigenvalue weighted by Gasteiger charge is 2.23. The second kappa shape index (κ2) is 6.69. The maximum absolute atomic E-state index is 12.2. The van der Waals surface area contributed by atoms with E-state index in [1.807, 2.05) is 0 Å². The summed E-state index contributed by atoms with van der Waals surface area (Å²) in [4.78, 5) is 30.7. The fraction of sp³-hybridized carbons (Fsp3) is 0.200. The molecule has 0 saturated heterocycles. The minimum absolute atomic E-state index is 0.284. The van der Waals surface area contributed by atoms with Crippen LogP contribution in [-0.4, -0.2) is 35.0 Å². The van der Waals surface area contributed by atoms with Gasteiger partial charge in [-0.2, -0.15) is 0 Å². The van der Waals surface area contributed by atoms with Crippen LogP contribution >= 0.6 is 0 Å². The lowest BCUT2D eigenvalue weighted by molar-refractivity contribution is -0.142. The maximum atomic E-state index is 12.2. The highest BCUT2D eigenvalue weighted by Crippen LogP contribution is 2.06. The van der Waals surface area contributed by atoms with Crippen molar-refractivity contribution in [3.8, 4) is 0 Å². The zero-order valence-electron chi connectivity index (χ0n) is 11.6. The number of rotatable bonds is 5. The van der Waals surface area contributed by atoms with Crippen LogP contribution in [0.1, 0.15) is 21.6 Å². The number of esters is 1. The third-order valence-corrected chi connectivity index (χ3v) is 2.99. The first-order valence-electron chi connectivity index (χ1n) is 6.38. The first-order valence-corrected chi connectivity index (χ1v) is 6.38. The van der Waals surface area contributed by atoms with Crippen molar-refractivity contribution in [3.05, 3.63) is 60.5 Å². The van der Waals surface area contributed by atoms with Gasteiger partial charge in [0.15, 0.2) is 0 Å². The molecule has 109 valence electrons. The summed E-state index contributed by atoms with van der Waals surface area (Å²) in [5.74, 6) is -0.850. The summed E-state index contributed by atoms with van der Waals surface area (Å²) in [6.45, 7) is 3.76. The molecule has 0 fully saturated rings. The van der Waals surface area contributed by atoms with Crippen LogP contribution in [-0.2, 0) is 16.0 Å². The minimum atomic E-state index is -0.776. The van der Waals surface area contributed by atoms with Gasteiger partial charge in [0.2, 0.25) is 0 Å². The summed E-state index contributed by atoms with van der Waals surface area (Å²) in [6, 6.07) is 6.00. The monoisotopic (exact) mass is 286 g/mol. The summed E-state index contributed by atoms with van der Waals surface area (Å²) in [7, 11) is 1.28. The van der Waals surface area contributed by atoms with E-state index in [1.54, 1.807) is 30.5 Å². The first-order chi connectivity index (χ1) is 10.1. The van der Waals surface area contributed by atoms with Gasteiger partial charge in [-0.1, -0.05) is 12.1 Å². The molecule has 1 heterocycles. The van der Waals surface area contributed by atoms with Crippen LogP contribution in [0.2, 0.25) is 0 Å². The number of aromatic nitrogens is 2. The second-order valence-electron chi connectivity index (χ2n) is 4.53. The summed E-state index contributed by atoms with van der Waals surface area (Å²) in [5, 5.41) is 2.66. The van der Waals surface area contributed by atoms with Crippen molar-refractivity contribution >= 4 is 11.9 Å². The molecule has 0 spiro atoms. The fourth-order valence-corrected chi connectivity index (χ4v) is 1.85. The minimum Gasteiger partial charge on any atom is -0.467 e. The number of hydrogen-bond donors (Lipinski definition) is 2. The molecular formula is C15H16N3O3. The van der Waals surface area contributed by atoms with Crippen LogP contribution in [0.3, 0.4) is 0 Å². The van der Waals surface area contributed by atoms with Gasteiger partial charge in [-0.25, -0.2) is 9.78 Å². The van der Waals surface area contributed by atoms with Crippen molar-refractivity contribution < 1.29 is 14.3 Å². The molecule has 2 N–H and O–H groups in total. The number of imidazole rings is 1. The van der Waals surface area contributed by atoms with Gasteiger partial charge in [0.1, 0.15) is 6.04 Å². The van der Waals surface area contributed by atoms with Crippen molar-refractivity contribution in [2.75, 3.05) is 7.11 Å². The average molecular weight is 286 g/mol. The van der Waals surface area contributed by atoms with Crippen molar-refractivity contribution in [1.29, 1.82) is 0 Å². The molecular weight excluding hydrogens is 270 g/mol. The van der Waals surface area contributed by atoms with E-state index in [9.17, 15) is 9.59 Å². The number of benzene rings is 1. The van der Waals surface area contributed by atoms with Crippen LogP contribution in [0, 0.1) is 6.92 Å². The van der Waals surface area contributed by atoms with Gasteiger partial charge in [0.25, 0.3) is 5.91 Å². The number of methoxy groups -OCH3 is 1. The number of nitrogens with one attached hydrogen (secondary N) is 2. The number of nitrogens with zero attached hydrogens (tertiary/aromatic N) is 1. The standard InChI is InChI=1S/C15H16N3O3/c1-10-3-5-11(6-4-10)14(19)18-13(15(20)21-2)7-12-8-16-9-17-12/h3-6,8-9,13H,1,7H2,2H3,(H,16,17)(H,18,19). The van der Waals surface area contributed by atoms with E-state index in [0.29, 0.717) is 5.56 Å². The first kappa shape index (κ1) is 14.8. The number of carbonyl (C=O) groups is 2. The van der Waals surface area contributed by atoms with Gasteiger partial charge in [-0.15, -0.1) is 0 Å². The number of amides is 1. The van der Waals surface area contributed by atoms with Gasteiger partial charge < -0.3 is 15.0 Å². The van der Waals surface area contributed by atoms with Gasteiger partial charge in [0.05, 0.1) is 13.4 Å². The lowest BCUT2D eigenvalue weighted by Crippen LogP contribution is -2.43.